The average molecular weight is 272 g/mol. The van der Waals surface area contributed by atoms with Crippen molar-refractivity contribution in [2.45, 2.75) is 85.9 Å². The van der Waals surface area contributed by atoms with Crippen molar-refractivity contribution in [2.24, 2.45) is 17.8 Å². The van der Waals surface area contributed by atoms with Crippen molar-refractivity contribution in [3.05, 3.63) is 0 Å². The third-order valence-electron chi connectivity index (χ3n) is 4.57. The van der Waals surface area contributed by atoms with E-state index in [-0.39, 0.29) is 0 Å². The molecule has 0 aliphatic carbocycles. The van der Waals surface area contributed by atoms with E-state index in [4.69, 9.17) is 4.74 Å². The van der Waals surface area contributed by atoms with Crippen LogP contribution < -0.4 is 0 Å². The maximum Gasteiger partial charge on any atom is 0.0643 e. The Morgan fingerprint density at radius 1 is 0.947 bits per heavy atom. The van der Waals surface area contributed by atoms with E-state index in [0.717, 1.165) is 32.3 Å². The predicted molar refractivity (Wildman–Crippen MR) is 83.3 cm³/mol. The molecule has 1 atom stereocenters. The Morgan fingerprint density at radius 3 is 1.79 bits per heavy atom. The fourth-order valence-electron chi connectivity index (χ4n) is 3.24. The molecular weight excluding hydrogens is 236 g/mol. The third-order valence-corrected chi connectivity index (χ3v) is 4.57. The van der Waals surface area contributed by atoms with Crippen LogP contribution in [0.4, 0.5) is 0 Å². The summed E-state index contributed by atoms with van der Waals surface area (Å²) < 4.78 is 6.00. The highest BCUT2D eigenvalue weighted by Crippen LogP contribution is 2.27. The first-order valence-electron chi connectivity index (χ1n) is 8.11. The lowest BCUT2D eigenvalue weighted by Gasteiger charge is -2.31. The number of ether oxygens (including phenoxy) is 1. The smallest absolute Gasteiger partial charge is 0.0643 e. The molecule has 0 spiro atoms. The van der Waals surface area contributed by atoms with Crippen molar-refractivity contribution in [3.8, 4) is 0 Å². The van der Waals surface area contributed by atoms with Crippen LogP contribution in [0.2, 0.25) is 0 Å². The largest absolute Gasteiger partial charge is 0.390 e. The van der Waals surface area contributed by atoms with Gasteiger partial charge in [-0.1, -0.05) is 41.5 Å². The fraction of sp³-hybridized carbons (Fsp3) is 1.00. The first kappa shape index (κ1) is 18.9. The lowest BCUT2D eigenvalue weighted by molar-refractivity contribution is -0.0251. The summed E-state index contributed by atoms with van der Waals surface area (Å²) in [5, 5.41) is 10.2. The SMILES string of the molecule is CCC(O)(CC)CCCO[C@H](C)C(C(C)C)C(C)C. The van der Waals surface area contributed by atoms with Crippen molar-refractivity contribution in [1.29, 1.82) is 0 Å². The number of hydrogen-bond acceptors (Lipinski definition) is 2. The Kier molecular flexibility index (Phi) is 8.93. The molecule has 0 aliphatic heterocycles. The van der Waals surface area contributed by atoms with Gasteiger partial charge in [0.15, 0.2) is 0 Å². The van der Waals surface area contributed by atoms with E-state index in [1.807, 2.05) is 0 Å². The zero-order valence-corrected chi connectivity index (χ0v) is 14.2. The average Bonchev–Trinajstić information content (AvgIpc) is 2.33. The molecular formula is C17H36O2. The Labute approximate surface area is 120 Å². The second-order valence-electron chi connectivity index (χ2n) is 6.68. The summed E-state index contributed by atoms with van der Waals surface area (Å²) in [5.41, 5.74) is -0.484. The van der Waals surface area contributed by atoms with Crippen molar-refractivity contribution in [2.75, 3.05) is 6.61 Å². The highest BCUT2D eigenvalue weighted by atomic mass is 16.5. The van der Waals surface area contributed by atoms with Gasteiger partial charge in [0.1, 0.15) is 0 Å². The molecule has 0 aromatic rings. The van der Waals surface area contributed by atoms with E-state index in [1.54, 1.807) is 0 Å². The van der Waals surface area contributed by atoms with Gasteiger partial charge in [-0.3, -0.25) is 0 Å². The summed E-state index contributed by atoms with van der Waals surface area (Å²) in [6.07, 6.45) is 3.77. The van der Waals surface area contributed by atoms with E-state index >= 15 is 0 Å². The molecule has 0 fully saturated rings. The van der Waals surface area contributed by atoms with Crippen molar-refractivity contribution >= 4 is 0 Å². The molecule has 0 aliphatic rings. The van der Waals surface area contributed by atoms with Crippen molar-refractivity contribution in [1.82, 2.24) is 0 Å². The Balaban J connectivity index is 4.06. The number of rotatable bonds is 10. The molecule has 19 heavy (non-hydrogen) atoms. The van der Waals surface area contributed by atoms with E-state index in [0.29, 0.717) is 23.9 Å². The van der Waals surface area contributed by atoms with Crippen LogP contribution in [0, 0.1) is 17.8 Å². The lowest BCUT2D eigenvalue weighted by Crippen LogP contribution is -2.31. The van der Waals surface area contributed by atoms with Gasteiger partial charge in [-0.15, -0.1) is 0 Å². The number of aliphatic hydroxyl groups is 1. The third kappa shape index (κ3) is 6.76. The Hall–Kier alpha value is -0.0800. The van der Waals surface area contributed by atoms with Gasteiger partial charge in [-0.05, 0) is 50.4 Å². The molecule has 0 radical (unpaired) electrons. The second-order valence-corrected chi connectivity index (χ2v) is 6.68. The van der Waals surface area contributed by atoms with Gasteiger partial charge in [-0.2, -0.15) is 0 Å². The fourth-order valence-corrected chi connectivity index (χ4v) is 3.24. The minimum absolute atomic E-state index is 0.302. The minimum atomic E-state index is -0.484. The van der Waals surface area contributed by atoms with Crippen LogP contribution in [0.3, 0.4) is 0 Å². The summed E-state index contributed by atoms with van der Waals surface area (Å²) in [6, 6.07) is 0. The Morgan fingerprint density at radius 2 is 1.42 bits per heavy atom. The highest BCUT2D eigenvalue weighted by Gasteiger charge is 2.25. The van der Waals surface area contributed by atoms with Gasteiger partial charge < -0.3 is 9.84 Å². The van der Waals surface area contributed by atoms with Crippen LogP contribution in [-0.4, -0.2) is 23.4 Å². The molecule has 2 nitrogen and oxygen atoms in total. The Bertz CT molecular complexity index is 211. The minimum Gasteiger partial charge on any atom is -0.390 e. The van der Waals surface area contributed by atoms with Crippen LogP contribution in [0.25, 0.3) is 0 Å². The molecule has 2 heteroatoms. The van der Waals surface area contributed by atoms with E-state index < -0.39 is 5.60 Å². The molecule has 0 saturated carbocycles. The molecule has 0 aromatic carbocycles. The highest BCUT2D eigenvalue weighted by molar-refractivity contribution is 4.75. The maximum atomic E-state index is 10.2. The lowest BCUT2D eigenvalue weighted by atomic mass is 9.82. The van der Waals surface area contributed by atoms with Crippen molar-refractivity contribution < 1.29 is 9.84 Å². The zero-order valence-electron chi connectivity index (χ0n) is 14.2. The van der Waals surface area contributed by atoms with E-state index in [9.17, 15) is 5.11 Å². The van der Waals surface area contributed by atoms with E-state index in [2.05, 4.69) is 48.5 Å². The molecule has 0 saturated heterocycles. The summed E-state index contributed by atoms with van der Waals surface area (Å²) in [4.78, 5) is 0. The number of hydrogen-bond donors (Lipinski definition) is 1. The normalized spacial score (nSPS) is 14.7. The van der Waals surface area contributed by atoms with Gasteiger partial charge in [0, 0.05) is 6.61 Å². The topological polar surface area (TPSA) is 29.5 Å². The van der Waals surface area contributed by atoms with Gasteiger partial charge in [-0.25, -0.2) is 0 Å². The summed E-state index contributed by atoms with van der Waals surface area (Å²) in [5.74, 6) is 1.91. The standard InChI is InChI=1S/C17H36O2/c1-8-17(18,9-2)11-10-12-19-15(7)16(13(3)4)14(5)6/h13-16,18H,8-12H2,1-7H3/t15-/m1/s1. The monoisotopic (exact) mass is 272 g/mol. The zero-order chi connectivity index (χ0) is 15.1. The van der Waals surface area contributed by atoms with Gasteiger partial charge in [0.05, 0.1) is 11.7 Å². The molecule has 0 rings (SSSR count). The van der Waals surface area contributed by atoms with Gasteiger partial charge >= 0.3 is 0 Å². The molecule has 0 amide bonds. The van der Waals surface area contributed by atoms with Crippen LogP contribution >= 0.6 is 0 Å². The first-order valence-corrected chi connectivity index (χ1v) is 8.11. The van der Waals surface area contributed by atoms with Crippen LogP contribution in [0.15, 0.2) is 0 Å². The summed E-state index contributed by atoms with van der Waals surface area (Å²) in [6.45, 7) is 16.2. The molecule has 116 valence electrons. The van der Waals surface area contributed by atoms with Crippen LogP contribution in [0.1, 0.15) is 74.1 Å². The summed E-state index contributed by atoms with van der Waals surface area (Å²) >= 11 is 0. The molecule has 0 unspecified atom stereocenters. The van der Waals surface area contributed by atoms with Crippen molar-refractivity contribution in [3.63, 3.8) is 0 Å². The quantitative estimate of drug-likeness (QED) is 0.587. The van der Waals surface area contributed by atoms with Gasteiger partial charge in [0.2, 0.25) is 0 Å². The van der Waals surface area contributed by atoms with Gasteiger partial charge in [0.25, 0.3) is 0 Å². The maximum absolute atomic E-state index is 10.2. The predicted octanol–water partition coefficient (Wildman–Crippen LogP) is 4.65. The second kappa shape index (κ2) is 8.97. The summed E-state index contributed by atoms with van der Waals surface area (Å²) in [7, 11) is 0. The van der Waals surface area contributed by atoms with Crippen LogP contribution in [-0.2, 0) is 4.74 Å². The molecule has 1 N–H and O–H groups in total. The van der Waals surface area contributed by atoms with E-state index in [1.165, 1.54) is 0 Å². The molecule has 0 bridgehead atoms. The van der Waals surface area contributed by atoms with Crippen LogP contribution in [0.5, 0.6) is 0 Å². The first-order chi connectivity index (χ1) is 8.77. The molecule has 0 aromatic heterocycles. The molecule has 0 heterocycles.